The first-order valence-electron chi connectivity index (χ1n) is 9.45. The van der Waals surface area contributed by atoms with E-state index in [0.717, 1.165) is 30.9 Å². The summed E-state index contributed by atoms with van der Waals surface area (Å²) < 4.78 is 12.0. The molecule has 5 rings (SSSR count). The van der Waals surface area contributed by atoms with Gasteiger partial charge in [0.15, 0.2) is 23.4 Å². The molecule has 0 N–H and O–H groups in total. The van der Waals surface area contributed by atoms with Crippen molar-refractivity contribution >= 4 is 5.78 Å². The molecule has 0 aromatic heterocycles. The largest absolute Gasteiger partial charge is 0.493 e. The number of ether oxygens (including phenoxy) is 2. The Balaban J connectivity index is 1.83. The van der Waals surface area contributed by atoms with Crippen LogP contribution in [-0.4, -0.2) is 43.5 Å². The highest BCUT2D eigenvalue weighted by molar-refractivity contribution is 5.93. The van der Waals surface area contributed by atoms with Crippen molar-refractivity contribution in [1.82, 2.24) is 4.90 Å². The van der Waals surface area contributed by atoms with Crippen LogP contribution >= 0.6 is 0 Å². The molecule has 0 amide bonds. The lowest BCUT2D eigenvalue weighted by Crippen LogP contribution is -2.71. The SMILES string of the molecule is COc1ccc2c3c1O[C@H]1C(=O)C(C)(C)[C@H](C)[C@H]4[C@@H](C2)N(C)CC[C@@]341. The number of hydrogen-bond acceptors (Lipinski definition) is 4. The average molecular weight is 341 g/mol. The van der Waals surface area contributed by atoms with Crippen molar-refractivity contribution < 1.29 is 14.3 Å². The molecule has 2 aliphatic heterocycles. The normalized spacial score (nSPS) is 40.4. The Bertz CT molecular complexity index is 786. The molecule has 0 radical (unpaired) electrons. The molecule has 2 heterocycles. The molecule has 2 aliphatic carbocycles. The molecule has 134 valence electrons. The standard InChI is InChI=1S/C21H27NO3/c1-11-15-13-10-12-6-7-14(24-5)17-16(12)21(15,8-9-22(13)4)19(25-17)18(23)20(11,2)3/h6-7,11,13,15,19H,8-10H2,1-5H3/t11-,13-,15+,19+,21+/m1/s1. The topological polar surface area (TPSA) is 38.8 Å². The van der Waals surface area contributed by atoms with Gasteiger partial charge in [-0.1, -0.05) is 26.8 Å². The van der Waals surface area contributed by atoms with E-state index < -0.39 is 0 Å². The van der Waals surface area contributed by atoms with Gasteiger partial charge in [-0.25, -0.2) is 0 Å². The van der Waals surface area contributed by atoms with Crippen LogP contribution in [0.25, 0.3) is 0 Å². The van der Waals surface area contributed by atoms with Crippen LogP contribution in [0.5, 0.6) is 11.5 Å². The summed E-state index contributed by atoms with van der Waals surface area (Å²) in [6.07, 6.45) is 1.68. The Kier molecular flexibility index (Phi) is 2.88. The van der Waals surface area contributed by atoms with Crippen molar-refractivity contribution in [3.63, 3.8) is 0 Å². The maximum Gasteiger partial charge on any atom is 0.180 e. The van der Waals surface area contributed by atoms with Gasteiger partial charge < -0.3 is 14.4 Å². The highest BCUT2D eigenvalue weighted by Gasteiger charge is 2.71. The second-order valence-corrected chi connectivity index (χ2v) is 9.07. The second kappa shape index (κ2) is 4.59. The van der Waals surface area contributed by atoms with E-state index in [4.69, 9.17) is 9.47 Å². The minimum atomic E-state index is -0.359. The number of carbonyl (C=O) groups excluding carboxylic acids is 1. The molecular formula is C21H27NO3. The van der Waals surface area contributed by atoms with Crippen LogP contribution in [0.1, 0.15) is 38.3 Å². The Hall–Kier alpha value is -1.55. The van der Waals surface area contributed by atoms with E-state index in [2.05, 4.69) is 38.8 Å². The van der Waals surface area contributed by atoms with Crippen LogP contribution in [0, 0.1) is 17.3 Å². The number of nitrogens with zero attached hydrogens (tertiary/aromatic N) is 1. The first kappa shape index (κ1) is 15.7. The van der Waals surface area contributed by atoms with Gasteiger partial charge in [0.2, 0.25) is 0 Å². The third kappa shape index (κ3) is 1.57. The zero-order valence-corrected chi connectivity index (χ0v) is 15.8. The van der Waals surface area contributed by atoms with Crippen molar-refractivity contribution in [3.05, 3.63) is 23.3 Å². The fourth-order valence-corrected chi connectivity index (χ4v) is 6.41. The minimum Gasteiger partial charge on any atom is -0.493 e. The maximum atomic E-state index is 13.5. The highest BCUT2D eigenvalue weighted by atomic mass is 16.5. The molecule has 1 saturated heterocycles. The van der Waals surface area contributed by atoms with Crippen LogP contribution in [-0.2, 0) is 16.6 Å². The van der Waals surface area contributed by atoms with Crippen molar-refractivity contribution in [2.24, 2.45) is 17.3 Å². The number of likely N-dealkylation sites (N-methyl/N-ethyl adjacent to an activating group) is 1. The summed E-state index contributed by atoms with van der Waals surface area (Å²) in [5.41, 5.74) is 2.12. The predicted molar refractivity (Wildman–Crippen MR) is 95.3 cm³/mol. The molecule has 25 heavy (non-hydrogen) atoms. The predicted octanol–water partition coefficient (Wildman–Crippen LogP) is 2.82. The first-order chi connectivity index (χ1) is 11.8. The molecule has 2 bridgehead atoms. The van der Waals surface area contributed by atoms with Crippen molar-refractivity contribution in [3.8, 4) is 11.5 Å². The molecule has 0 unspecified atom stereocenters. The number of methoxy groups -OCH3 is 1. The molecule has 4 heteroatoms. The van der Waals surface area contributed by atoms with Crippen molar-refractivity contribution in [1.29, 1.82) is 0 Å². The number of rotatable bonds is 1. The molecule has 1 spiro atoms. The van der Waals surface area contributed by atoms with Crippen LogP contribution < -0.4 is 9.47 Å². The monoisotopic (exact) mass is 341 g/mol. The molecule has 2 fully saturated rings. The van der Waals surface area contributed by atoms with Gasteiger partial charge in [-0.05, 0) is 49.9 Å². The van der Waals surface area contributed by atoms with E-state index in [1.807, 2.05) is 6.07 Å². The Labute approximate surface area is 149 Å². The van der Waals surface area contributed by atoms with Gasteiger partial charge in [-0.3, -0.25) is 4.79 Å². The Morgan fingerprint density at radius 1 is 1.32 bits per heavy atom. The smallest absolute Gasteiger partial charge is 0.180 e. The highest BCUT2D eigenvalue weighted by Crippen LogP contribution is 2.66. The molecule has 1 aromatic rings. The van der Waals surface area contributed by atoms with Crippen LogP contribution in [0.3, 0.4) is 0 Å². The summed E-state index contributed by atoms with van der Waals surface area (Å²) in [6.45, 7) is 7.54. The summed E-state index contributed by atoms with van der Waals surface area (Å²) in [5.74, 6) is 2.67. The number of likely N-dealkylation sites (tertiary alicyclic amines) is 1. The lowest BCUT2D eigenvalue weighted by Gasteiger charge is -2.62. The van der Waals surface area contributed by atoms with E-state index in [-0.39, 0.29) is 22.7 Å². The number of piperidine rings is 1. The quantitative estimate of drug-likeness (QED) is 0.787. The average Bonchev–Trinajstić information content (AvgIpc) is 2.93. The second-order valence-electron chi connectivity index (χ2n) is 9.07. The number of Topliss-reactive ketones (excluding diaryl/α,β-unsaturated/α-hetero) is 1. The summed E-state index contributed by atoms with van der Waals surface area (Å²) in [7, 11) is 3.93. The van der Waals surface area contributed by atoms with Gasteiger partial charge in [0.05, 0.1) is 7.11 Å². The fraction of sp³-hybridized carbons (Fsp3) is 0.667. The molecule has 1 aromatic carbocycles. The molecule has 5 atom stereocenters. The summed E-state index contributed by atoms with van der Waals surface area (Å²) in [4.78, 5) is 16.0. The van der Waals surface area contributed by atoms with Crippen molar-refractivity contribution in [2.75, 3.05) is 20.7 Å². The van der Waals surface area contributed by atoms with Crippen LogP contribution in [0.15, 0.2) is 12.1 Å². The first-order valence-corrected chi connectivity index (χ1v) is 9.45. The van der Waals surface area contributed by atoms with Gasteiger partial charge in [-0.2, -0.15) is 0 Å². The van der Waals surface area contributed by atoms with Gasteiger partial charge in [-0.15, -0.1) is 0 Å². The number of hydrogen-bond donors (Lipinski definition) is 0. The zero-order chi connectivity index (χ0) is 17.7. The summed E-state index contributed by atoms with van der Waals surface area (Å²) >= 11 is 0. The van der Waals surface area contributed by atoms with Crippen molar-refractivity contribution in [2.45, 2.75) is 51.2 Å². The third-order valence-electron chi connectivity index (χ3n) is 8.03. The van der Waals surface area contributed by atoms with Gasteiger partial charge in [0, 0.05) is 22.4 Å². The Morgan fingerprint density at radius 2 is 2.08 bits per heavy atom. The third-order valence-corrected chi connectivity index (χ3v) is 8.03. The lowest BCUT2D eigenvalue weighted by atomic mass is 9.44. The molecule has 4 nitrogen and oxygen atoms in total. The molecular weight excluding hydrogens is 314 g/mol. The number of carbonyl (C=O) groups is 1. The van der Waals surface area contributed by atoms with E-state index in [1.54, 1.807) is 7.11 Å². The summed E-state index contributed by atoms with van der Waals surface area (Å²) in [6, 6.07) is 4.69. The molecule has 1 saturated carbocycles. The molecule has 4 aliphatic rings. The Morgan fingerprint density at radius 3 is 2.80 bits per heavy atom. The fourth-order valence-electron chi connectivity index (χ4n) is 6.41. The minimum absolute atomic E-state index is 0.166. The number of ketones is 1. The van der Waals surface area contributed by atoms with Gasteiger partial charge >= 0.3 is 0 Å². The van der Waals surface area contributed by atoms with Crippen LogP contribution in [0.2, 0.25) is 0 Å². The maximum absolute atomic E-state index is 13.5. The number of benzene rings is 1. The van der Waals surface area contributed by atoms with E-state index in [1.165, 1.54) is 11.1 Å². The zero-order valence-electron chi connectivity index (χ0n) is 15.8. The lowest BCUT2D eigenvalue weighted by molar-refractivity contribution is -0.162. The van der Waals surface area contributed by atoms with Gasteiger partial charge in [0.25, 0.3) is 0 Å². The van der Waals surface area contributed by atoms with E-state index in [9.17, 15) is 4.79 Å². The summed E-state index contributed by atoms with van der Waals surface area (Å²) in [5, 5.41) is 0. The van der Waals surface area contributed by atoms with E-state index >= 15 is 0 Å². The van der Waals surface area contributed by atoms with E-state index in [0.29, 0.717) is 17.9 Å². The van der Waals surface area contributed by atoms with Crippen LogP contribution in [0.4, 0.5) is 0 Å². The van der Waals surface area contributed by atoms with Gasteiger partial charge in [0.1, 0.15) is 0 Å².